The zero-order chi connectivity index (χ0) is 19.3. The molecule has 0 amide bonds. The molecule has 0 aromatic heterocycles. The summed E-state index contributed by atoms with van der Waals surface area (Å²) >= 11 is 0. The summed E-state index contributed by atoms with van der Waals surface area (Å²) in [7, 11) is -2.99. The number of guanidine groups is 1. The van der Waals surface area contributed by atoms with Crippen molar-refractivity contribution in [1.29, 1.82) is 0 Å². The van der Waals surface area contributed by atoms with Gasteiger partial charge in [0.25, 0.3) is 0 Å². The van der Waals surface area contributed by atoms with Gasteiger partial charge in [-0.3, -0.25) is 9.89 Å². The van der Waals surface area contributed by atoms with E-state index in [-0.39, 0.29) is 17.7 Å². The predicted molar refractivity (Wildman–Crippen MR) is 103 cm³/mol. The Kier molecular flexibility index (Phi) is 7.29. The number of hydrogen-bond donors (Lipinski definition) is 3. The molecule has 0 radical (unpaired) electrons. The maximum absolute atomic E-state index is 11.6. The van der Waals surface area contributed by atoms with E-state index in [2.05, 4.69) is 20.5 Å². The lowest BCUT2D eigenvalue weighted by molar-refractivity contribution is -0.0180. The number of nitrogens with zero attached hydrogens (tertiary/aromatic N) is 2. The highest BCUT2D eigenvalue weighted by Crippen LogP contribution is 2.45. The first-order chi connectivity index (χ1) is 12.1. The second-order valence-electron chi connectivity index (χ2n) is 8.00. The van der Waals surface area contributed by atoms with Gasteiger partial charge in [-0.2, -0.15) is 0 Å². The standard InChI is InChI=1S/C17H34N4O4S/c1-4-18-15(20-12-17(5-6-17)14-26(3,23)24)19-11-16(2,22)13-21-7-9-25-10-8-21/h22H,4-14H2,1-3H3,(H2,18,19,20). The van der Waals surface area contributed by atoms with Gasteiger partial charge in [0.1, 0.15) is 9.84 Å². The second kappa shape index (κ2) is 8.86. The highest BCUT2D eigenvalue weighted by atomic mass is 32.2. The Hall–Kier alpha value is -0.900. The van der Waals surface area contributed by atoms with Crippen LogP contribution < -0.4 is 10.6 Å². The van der Waals surface area contributed by atoms with Crippen LogP contribution in [0.5, 0.6) is 0 Å². The summed E-state index contributed by atoms with van der Waals surface area (Å²) in [6, 6.07) is 0. The second-order valence-corrected chi connectivity index (χ2v) is 10.1. The highest BCUT2D eigenvalue weighted by molar-refractivity contribution is 7.90. The van der Waals surface area contributed by atoms with Crippen LogP contribution in [-0.4, -0.2) is 94.5 Å². The molecule has 1 heterocycles. The van der Waals surface area contributed by atoms with Gasteiger partial charge in [-0.25, -0.2) is 8.42 Å². The van der Waals surface area contributed by atoms with Gasteiger partial charge in [0, 0.05) is 44.4 Å². The maximum Gasteiger partial charge on any atom is 0.191 e. The van der Waals surface area contributed by atoms with E-state index < -0.39 is 15.4 Å². The lowest BCUT2D eigenvalue weighted by atomic mass is 10.1. The fourth-order valence-corrected chi connectivity index (χ4v) is 4.76. The van der Waals surface area contributed by atoms with Crippen LogP contribution in [0.15, 0.2) is 4.99 Å². The van der Waals surface area contributed by atoms with Crippen LogP contribution >= 0.6 is 0 Å². The molecule has 0 bridgehead atoms. The lowest BCUT2D eigenvalue weighted by Gasteiger charge is -2.33. The molecule has 26 heavy (non-hydrogen) atoms. The van der Waals surface area contributed by atoms with Gasteiger partial charge in [0.15, 0.2) is 5.96 Å². The summed E-state index contributed by atoms with van der Waals surface area (Å²) in [4.78, 5) is 6.70. The van der Waals surface area contributed by atoms with Crippen molar-refractivity contribution in [2.75, 3.05) is 64.5 Å². The van der Waals surface area contributed by atoms with E-state index >= 15 is 0 Å². The number of morpholine rings is 1. The Morgan fingerprint density at radius 1 is 1.31 bits per heavy atom. The number of sulfone groups is 1. The van der Waals surface area contributed by atoms with E-state index in [1.54, 1.807) is 6.92 Å². The number of aliphatic imine (C=N–C) groups is 1. The summed E-state index contributed by atoms with van der Waals surface area (Å²) in [5.74, 6) is 0.829. The summed E-state index contributed by atoms with van der Waals surface area (Å²) in [5, 5.41) is 17.1. The topological polar surface area (TPSA) is 103 Å². The quantitative estimate of drug-likeness (QED) is 0.358. The van der Waals surface area contributed by atoms with Gasteiger partial charge in [0.05, 0.1) is 31.1 Å². The molecule has 8 nitrogen and oxygen atoms in total. The van der Waals surface area contributed by atoms with Crippen molar-refractivity contribution in [3.63, 3.8) is 0 Å². The molecule has 2 rings (SSSR count). The number of aliphatic hydroxyl groups is 1. The first-order valence-corrected chi connectivity index (χ1v) is 11.4. The summed E-state index contributed by atoms with van der Waals surface area (Å²) in [6.45, 7) is 8.94. The zero-order valence-corrected chi connectivity index (χ0v) is 17.1. The predicted octanol–water partition coefficient (Wildman–Crippen LogP) is -0.550. The summed E-state index contributed by atoms with van der Waals surface area (Å²) in [6.07, 6.45) is 3.12. The third-order valence-corrected chi connectivity index (χ3v) is 5.88. The monoisotopic (exact) mass is 390 g/mol. The summed E-state index contributed by atoms with van der Waals surface area (Å²) < 4.78 is 28.5. The normalized spacial score (nSPS) is 23.3. The van der Waals surface area contributed by atoms with E-state index in [1.807, 2.05) is 6.92 Å². The number of β-amino-alcohol motifs (C(OH)–C–C–N with tert-alkyl or cyclic N) is 1. The molecule has 1 saturated heterocycles. The molecule has 1 unspecified atom stereocenters. The lowest BCUT2D eigenvalue weighted by Crippen LogP contribution is -2.48. The average molecular weight is 391 g/mol. The van der Waals surface area contributed by atoms with Gasteiger partial charge in [-0.1, -0.05) is 0 Å². The first-order valence-electron chi connectivity index (χ1n) is 9.36. The van der Waals surface area contributed by atoms with E-state index in [9.17, 15) is 13.5 Å². The molecule has 1 aliphatic carbocycles. The first kappa shape index (κ1) is 21.4. The van der Waals surface area contributed by atoms with Crippen LogP contribution in [0.25, 0.3) is 0 Å². The van der Waals surface area contributed by atoms with Gasteiger partial charge >= 0.3 is 0 Å². The maximum atomic E-state index is 11.6. The van der Waals surface area contributed by atoms with E-state index in [4.69, 9.17) is 4.74 Å². The molecule has 9 heteroatoms. The Morgan fingerprint density at radius 2 is 1.96 bits per heavy atom. The molecule has 1 aliphatic heterocycles. The van der Waals surface area contributed by atoms with Crippen molar-refractivity contribution in [1.82, 2.24) is 15.5 Å². The van der Waals surface area contributed by atoms with Crippen molar-refractivity contribution in [2.45, 2.75) is 32.3 Å². The largest absolute Gasteiger partial charge is 0.387 e. The van der Waals surface area contributed by atoms with Crippen molar-refractivity contribution in [3.05, 3.63) is 0 Å². The van der Waals surface area contributed by atoms with Gasteiger partial charge < -0.3 is 20.5 Å². The smallest absolute Gasteiger partial charge is 0.191 e. The van der Waals surface area contributed by atoms with E-state index in [0.717, 1.165) is 25.9 Å². The highest BCUT2D eigenvalue weighted by Gasteiger charge is 2.45. The van der Waals surface area contributed by atoms with E-state index in [1.165, 1.54) is 6.26 Å². The van der Waals surface area contributed by atoms with Crippen LogP contribution in [0.2, 0.25) is 0 Å². The molecular formula is C17H34N4O4S. The molecule has 152 valence electrons. The van der Waals surface area contributed by atoms with Gasteiger partial charge in [-0.05, 0) is 26.7 Å². The Morgan fingerprint density at radius 3 is 2.50 bits per heavy atom. The van der Waals surface area contributed by atoms with E-state index in [0.29, 0.717) is 38.8 Å². The molecule has 0 spiro atoms. The number of rotatable bonds is 9. The van der Waals surface area contributed by atoms with Crippen molar-refractivity contribution >= 4 is 15.8 Å². The zero-order valence-electron chi connectivity index (χ0n) is 16.3. The minimum absolute atomic E-state index is 0.167. The third-order valence-electron chi connectivity index (χ3n) is 4.75. The van der Waals surface area contributed by atoms with Crippen molar-refractivity contribution in [3.8, 4) is 0 Å². The molecule has 2 fully saturated rings. The van der Waals surface area contributed by atoms with Gasteiger partial charge in [-0.15, -0.1) is 0 Å². The Bertz CT molecular complexity index is 582. The molecule has 3 N–H and O–H groups in total. The minimum atomic E-state index is -2.99. The van der Waals surface area contributed by atoms with Crippen LogP contribution in [0.1, 0.15) is 26.7 Å². The van der Waals surface area contributed by atoms with Crippen LogP contribution in [0.4, 0.5) is 0 Å². The Balaban J connectivity index is 1.87. The fourth-order valence-electron chi connectivity index (χ4n) is 3.26. The Labute approximate surface area is 157 Å². The molecule has 1 saturated carbocycles. The molecule has 2 aliphatic rings. The molecular weight excluding hydrogens is 356 g/mol. The molecule has 1 atom stereocenters. The molecule has 0 aromatic rings. The van der Waals surface area contributed by atoms with Crippen LogP contribution in [-0.2, 0) is 14.6 Å². The number of nitrogens with one attached hydrogen (secondary N) is 2. The minimum Gasteiger partial charge on any atom is -0.387 e. The van der Waals surface area contributed by atoms with Crippen molar-refractivity contribution < 1.29 is 18.3 Å². The van der Waals surface area contributed by atoms with Gasteiger partial charge in [0.2, 0.25) is 0 Å². The third kappa shape index (κ3) is 7.77. The van der Waals surface area contributed by atoms with Crippen LogP contribution in [0.3, 0.4) is 0 Å². The average Bonchev–Trinajstić information content (AvgIpc) is 3.28. The van der Waals surface area contributed by atoms with Crippen LogP contribution in [0, 0.1) is 5.41 Å². The summed E-state index contributed by atoms with van der Waals surface area (Å²) in [5.41, 5.74) is -1.09. The fraction of sp³-hybridized carbons (Fsp3) is 0.941. The molecule has 0 aromatic carbocycles. The number of ether oxygens (including phenoxy) is 1. The number of hydrogen-bond acceptors (Lipinski definition) is 6. The SMILES string of the molecule is CCNC(=NCC(C)(O)CN1CCOCC1)NCC1(CS(C)(=O)=O)CC1. The van der Waals surface area contributed by atoms with Crippen molar-refractivity contribution in [2.24, 2.45) is 10.4 Å².